The zero-order valence-electron chi connectivity index (χ0n) is 12.5. The Morgan fingerprint density at radius 1 is 1.10 bits per heavy atom. The maximum absolute atomic E-state index is 10.7. The van der Waals surface area contributed by atoms with E-state index in [1.165, 1.54) is 55.2 Å². The number of rotatable bonds is 4. The highest BCUT2D eigenvalue weighted by Gasteiger charge is 2.39. The van der Waals surface area contributed by atoms with Gasteiger partial charge in [0.1, 0.15) is 0 Å². The van der Waals surface area contributed by atoms with Gasteiger partial charge in [0.15, 0.2) is 0 Å². The zero-order valence-corrected chi connectivity index (χ0v) is 12.5. The van der Waals surface area contributed by atoms with Crippen LogP contribution in [0.25, 0.3) is 0 Å². The number of aliphatic hydroxyl groups excluding tert-OH is 1. The van der Waals surface area contributed by atoms with Crippen LogP contribution in [0.4, 0.5) is 0 Å². The first-order valence-corrected chi connectivity index (χ1v) is 8.07. The Morgan fingerprint density at radius 3 is 2.60 bits per heavy atom. The molecule has 1 fully saturated rings. The molecule has 2 aliphatic rings. The van der Waals surface area contributed by atoms with E-state index in [1.54, 1.807) is 7.11 Å². The van der Waals surface area contributed by atoms with E-state index in [2.05, 4.69) is 18.2 Å². The summed E-state index contributed by atoms with van der Waals surface area (Å²) in [6.07, 6.45) is 9.66. The van der Waals surface area contributed by atoms with E-state index in [1.807, 2.05) is 0 Å². The van der Waals surface area contributed by atoms with E-state index in [9.17, 15) is 5.11 Å². The lowest BCUT2D eigenvalue weighted by molar-refractivity contribution is -0.122. The van der Waals surface area contributed by atoms with Crippen LogP contribution in [0.1, 0.15) is 55.2 Å². The fourth-order valence-electron chi connectivity index (χ4n) is 3.99. The molecule has 0 spiro atoms. The van der Waals surface area contributed by atoms with Gasteiger partial charge in [0.2, 0.25) is 0 Å². The van der Waals surface area contributed by atoms with Gasteiger partial charge in [-0.25, -0.2) is 0 Å². The number of benzene rings is 1. The lowest BCUT2D eigenvalue weighted by Gasteiger charge is -2.40. The lowest BCUT2D eigenvalue weighted by Crippen LogP contribution is -2.46. The standard InChI is InChI=1S/C18H26O2/c1-20-18(10-3-2-4-11-18)17(19)13-14-8-9-15-6-5-7-16(15)12-14/h8-9,12,17,19H,2-7,10-11,13H2,1H3. The Balaban J connectivity index is 1.73. The Kier molecular flexibility index (Phi) is 4.13. The lowest BCUT2D eigenvalue weighted by atomic mass is 9.78. The third-order valence-electron chi connectivity index (χ3n) is 5.31. The predicted molar refractivity (Wildman–Crippen MR) is 81.0 cm³/mol. The third kappa shape index (κ3) is 2.64. The zero-order chi connectivity index (χ0) is 14.0. The Labute approximate surface area is 122 Å². The Morgan fingerprint density at radius 2 is 1.85 bits per heavy atom. The fraction of sp³-hybridized carbons (Fsp3) is 0.667. The first-order valence-electron chi connectivity index (χ1n) is 8.07. The third-order valence-corrected chi connectivity index (χ3v) is 5.31. The molecule has 1 N–H and O–H groups in total. The van der Waals surface area contributed by atoms with Crippen LogP contribution in [0.15, 0.2) is 18.2 Å². The molecule has 0 bridgehead atoms. The number of hydrogen-bond donors (Lipinski definition) is 1. The molecule has 1 atom stereocenters. The van der Waals surface area contributed by atoms with Gasteiger partial charge in [-0.1, -0.05) is 37.5 Å². The molecule has 0 amide bonds. The second kappa shape index (κ2) is 5.87. The van der Waals surface area contributed by atoms with E-state index in [-0.39, 0.29) is 11.7 Å². The van der Waals surface area contributed by atoms with Crippen molar-refractivity contribution in [2.24, 2.45) is 0 Å². The number of hydrogen-bond acceptors (Lipinski definition) is 2. The van der Waals surface area contributed by atoms with Crippen LogP contribution in [0.2, 0.25) is 0 Å². The number of ether oxygens (including phenoxy) is 1. The normalized spacial score (nSPS) is 22.5. The van der Waals surface area contributed by atoms with Crippen molar-refractivity contribution in [1.82, 2.24) is 0 Å². The second-order valence-electron chi connectivity index (χ2n) is 6.51. The van der Waals surface area contributed by atoms with Crippen molar-refractivity contribution in [3.8, 4) is 0 Å². The van der Waals surface area contributed by atoms with Crippen LogP contribution in [0, 0.1) is 0 Å². The molecule has 1 unspecified atom stereocenters. The minimum atomic E-state index is -0.382. The summed E-state index contributed by atoms with van der Waals surface area (Å²) in [4.78, 5) is 0. The maximum Gasteiger partial charge on any atom is 0.0939 e. The van der Waals surface area contributed by atoms with Crippen molar-refractivity contribution >= 4 is 0 Å². The Bertz CT molecular complexity index is 460. The number of aliphatic hydroxyl groups is 1. The largest absolute Gasteiger partial charge is 0.390 e. The predicted octanol–water partition coefficient (Wildman–Crippen LogP) is 3.43. The summed E-state index contributed by atoms with van der Waals surface area (Å²) in [7, 11) is 1.76. The van der Waals surface area contributed by atoms with Gasteiger partial charge in [0.25, 0.3) is 0 Å². The van der Waals surface area contributed by atoms with Gasteiger partial charge >= 0.3 is 0 Å². The fourth-order valence-corrected chi connectivity index (χ4v) is 3.99. The summed E-state index contributed by atoms with van der Waals surface area (Å²) in [5, 5.41) is 10.7. The van der Waals surface area contributed by atoms with Gasteiger partial charge in [-0.05, 0) is 48.8 Å². The smallest absolute Gasteiger partial charge is 0.0939 e. The number of methoxy groups -OCH3 is 1. The summed E-state index contributed by atoms with van der Waals surface area (Å²) >= 11 is 0. The SMILES string of the molecule is COC1(C(O)Cc2ccc3c(c2)CCC3)CCCCC1. The summed E-state index contributed by atoms with van der Waals surface area (Å²) < 4.78 is 5.76. The number of aryl methyl sites for hydroxylation is 2. The monoisotopic (exact) mass is 274 g/mol. The van der Waals surface area contributed by atoms with Crippen molar-refractivity contribution in [3.63, 3.8) is 0 Å². The molecule has 0 saturated heterocycles. The minimum Gasteiger partial charge on any atom is -0.390 e. The molecule has 0 aromatic heterocycles. The first-order chi connectivity index (χ1) is 9.73. The second-order valence-corrected chi connectivity index (χ2v) is 6.51. The molecule has 2 aliphatic carbocycles. The first kappa shape index (κ1) is 14.1. The molecule has 0 aliphatic heterocycles. The molecule has 0 radical (unpaired) electrons. The van der Waals surface area contributed by atoms with Crippen molar-refractivity contribution in [1.29, 1.82) is 0 Å². The van der Waals surface area contributed by atoms with Gasteiger partial charge in [-0.3, -0.25) is 0 Å². The van der Waals surface area contributed by atoms with Crippen molar-refractivity contribution in [2.45, 2.75) is 69.5 Å². The highest BCUT2D eigenvalue weighted by atomic mass is 16.5. The quantitative estimate of drug-likeness (QED) is 0.911. The van der Waals surface area contributed by atoms with Gasteiger partial charge in [0.05, 0.1) is 11.7 Å². The van der Waals surface area contributed by atoms with E-state index < -0.39 is 0 Å². The minimum absolute atomic E-state index is 0.308. The van der Waals surface area contributed by atoms with E-state index in [0.29, 0.717) is 0 Å². The summed E-state index contributed by atoms with van der Waals surface area (Å²) in [6, 6.07) is 6.75. The molecule has 0 heterocycles. The molecule has 1 saturated carbocycles. The van der Waals surface area contributed by atoms with Gasteiger partial charge in [0, 0.05) is 13.5 Å². The molecular formula is C18H26O2. The Hall–Kier alpha value is -0.860. The van der Waals surface area contributed by atoms with E-state index in [0.717, 1.165) is 19.3 Å². The topological polar surface area (TPSA) is 29.5 Å². The van der Waals surface area contributed by atoms with Crippen LogP contribution in [-0.4, -0.2) is 23.9 Å². The summed E-state index contributed by atoms with van der Waals surface area (Å²) in [5.74, 6) is 0. The summed E-state index contributed by atoms with van der Waals surface area (Å²) in [6.45, 7) is 0. The molecule has 3 rings (SSSR count). The molecular weight excluding hydrogens is 248 g/mol. The van der Waals surface area contributed by atoms with E-state index in [4.69, 9.17) is 4.74 Å². The molecule has 2 nitrogen and oxygen atoms in total. The summed E-state index contributed by atoms with van der Waals surface area (Å²) in [5.41, 5.74) is 3.95. The molecule has 1 aromatic rings. The van der Waals surface area contributed by atoms with Gasteiger partial charge in [-0.2, -0.15) is 0 Å². The number of fused-ring (bicyclic) bond motifs is 1. The molecule has 110 valence electrons. The highest BCUT2D eigenvalue weighted by Crippen LogP contribution is 2.35. The van der Waals surface area contributed by atoms with Gasteiger partial charge < -0.3 is 9.84 Å². The van der Waals surface area contributed by atoms with Crippen molar-refractivity contribution in [2.75, 3.05) is 7.11 Å². The van der Waals surface area contributed by atoms with Crippen molar-refractivity contribution < 1.29 is 9.84 Å². The highest BCUT2D eigenvalue weighted by molar-refractivity contribution is 5.35. The van der Waals surface area contributed by atoms with Gasteiger partial charge in [-0.15, -0.1) is 0 Å². The van der Waals surface area contributed by atoms with Crippen LogP contribution < -0.4 is 0 Å². The van der Waals surface area contributed by atoms with Crippen LogP contribution in [0.3, 0.4) is 0 Å². The van der Waals surface area contributed by atoms with Crippen LogP contribution in [0.5, 0.6) is 0 Å². The average molecular weight is 274 g/mol. The van der Waals surface area contributed by atoms with Crippen molar-refractivity contribution in [3.05, 3.63) is 34.9 Å². The van der Waals surface area contributed by atoms with E-state index >= 15 is 0 Å². The van der Waals surface area contributed by atoms with Crippen LogP contribution in [-0.2, 0) is 24.0 Å². The van der Waals surface area contributed by atoms with Crippen LogP contribution >= 0.6 is 0 Å². The molecule has 20 heavy (non-hydrogen) atoms. The maximum atomic E-state index is 10.7. The molecule has 1 aromatic carbocycles. The average Bonchev–Trinajstić information content (AvgIpc) is 2.95. The molecule has 2 heteroatoms.